The standard InChI is InChI=1S/C26H22F2N2O4/c1-5-33-26(32)21-15(4)29-23(14(3)24(21)31)17-12-16-8-6-7-9-19(16)30-25(17)34-20-11-10-18(27)22(28)13(20)2/h6-12H,5H2,1-4H3,(H,29,31). The lowest BCUT2D eigenvalue weighted by Crippen LogP contribution is -2.23. The van der Waals surface area contributed by atoms with Gasteiger partial charge in [0.25, 0.3) is 0 Å². The molecule has 0 aliphatic heterocycles. The number of aromatic amines is 1. The van der Waals surface area contributed by atoms with Gasteiger partial charge in [-0.15, -0.1) is 0 Å². The molecule has 1 N–H and O–H groups in total. The fraction of sp³-hybridized carbons (Fsp3) is 0.192. The second-order valence-electron chi connectivity index (χ2n) is 7.79. The minimum Gasteiger partial charge on any atom is -0.462 e. The van der Waals surface area contributed by atoms with Crippen molar-refractivity contribution in [1.82, 2.24) is 9.97 Å². The van der Waals surface area contributed by atoms with Crippen LogP contribution in [0.15, 0.2) is 47.3 Å². The van der Waals surface area contributed by atoms with Crippen molar-refractivity contribution in [3.05, 3.63) is 86.7 Å². The fourth-order valence-corrected chi connectivity index (χ4v) is 3.74. The van der Waals surface area contributed by atoms with Crippen molar-refractivity contribution in [3.8, 4) is 22.9 Å². The number of nitrogens with one attached hydrogen (secondary N) is 1. The van der Waals surface area contributed by atoms with E-state index in [1.54, 1.807) is 32.9 Å². The number of benzene rings is 2. The van der Waals surface area contributed by atoms with Crippen molar-refractivity contribution in [1.29, 1.82) is 0 Å². The summed E-state index contributed by atoms with van der Waals surface area (Å²) >= 11 is 0. The molecule has 0 saturated heterocycles. The largest absolute Gasteiger partial charge is 0.462 e. The number of esters is 1. The average Bonchev–Trinajstić information content (AvgIpc) is 2.81. The van der Waals surface area contributed by atoms with Gasteiger partial charge in [0, 0.05) is 22.2 Å². The van der Waals surface area contributed by atoms with Crippen molar-refractivity contribution in [2.45, 2.75) is 27.7 Å². The highest BCUT2D eigenvalue weighted by Gasteiger charge is 2.23. The molecule has 0 radical (unpaired) electrons. The van der Waals surface area contributed by atoms with E-state index in [1.165, 1.54) is 13.0 Å². The molecule has 4 aromatic rings. The molecule has 0 bridgehead atoms. The third-order valence-electron chi connectivity index (χ3n) is 5.56. The van der Waals surface area contributed by atoms with Gasteiger partial charge in [0.05, 0.1) is 23.4 Å². The second-order valence-corrected chi connectivity index (χ2v) is 7.79. The van der Waals surface area contributed by atoms with Crippen molar-refractivity contribution >= 4 is 16.9 Å². The van der Waals surface area contributed by atoms with E-state index in [2.05, 4.69) is 9.97 Å². The number of aromatic nitrogens is 2. The van der Waals surface area contributed by atoms with Crippen LogP contribution in [0.3, 0.4) is 0 Å². The summed E-state index contributed by atoms with van der Waals surface area (Å²) in [6.07, 6.45) is 0. The van der Waals surface area contributed by atoms with Gasteiger partial charge in [0.15, 0.2) is 17.1 Å². The van der Waals surface area contributed by atoms with Gasteiger partial charge in [-0.05, 0) is 52.0 Å². The quantitative estimate of drug-likeness (QED) is 0.380. The number of carbonyl (C=O) groups is 1. The number of pyridine rings is 2. The molecule has 2 heterocycles. The van der Waals surface area contributed by atoms with E-state index in [0.29, 0.717) is 22.5 Å². The van der Waals surface area contributed by atoms with Gasteiger partial charge < -0.3 is 14.5 Å². The second kappa shape index (κ2) is 9.05. The molecule has 0 saturated carbocycles. The van der Waals surface area contributed by atoms with Crippen LogP contribution in [0.5, 0.6) is 11.6 Å². The normalized spacial score (nSPS) is 11.0. The zero-order valence-corrected chi connectivity index (χ0v) is 19.1. The topological polar surface area (TPSA) is 81.3 Å². The summed E-state index contributed by atoms with van der Waals surface area (Å²) in [5.41, 5.74) is 1.45. The third-order valence-corrected chi connectivity index (χ3v) is 5.56. The molecule has 8 heteroatoms. The summed E-state index contributed by atoms with van der Waals surface area (Å²) in [5.74, 6) is -2.53. The Morgan fingerprint density at radius 1 is 1.06 bits per heavy atom. The first kappa shape index (κ1) is 23.1. The highest BCUT2D eigenvalue weighted by Crippen LogP contribution is 2.36. The molecular weight excluding hydrogens is 442 g/mol. The molecule has 0 spiro atoms. The number of fused-ring (bicyclic) bond motifs is 1. The maximum absolute atomic E-state index is 14.2. The Hall–Kier alpha value is -4.07. The first-order valence-electron chi connectivity index (χ1n) is 10.7. The van der Waals surface area contributed by atoms with Crippen LogP contribution < -0.4 is 10.2 Å². The first-order chi connectivity index (χ1) is 16.2. The van der Waals surface area contributed by atoms with Gasteiger partial charge in [-0.3, -0.25) is 4.79 Å². The summed E-state index contributed by atoms with van der Waals surface area (Å²) < 4.78 is 38.8. The number of carbonyl (C=O) groups excluding carboxylic acids is 1. The Labute approximate surface area is 194 Å². The van der Waals surface area contributed by atoms with Gasteiger partial charge in [-0.25, -0.2) is 18.6 Å². The number of aryl methyl sites for hydroxylation is 1. The Morgan fingerprint density at radius 3 is 2.53 bits per heavy atom. The molecule has 4 rings (SSSR count). The van der Waals surface area contributed by atoms with Gasteiger partial charge >= 0.3 is 5.97 Å². The van der Waals surface area contributed by atoms with Crippen LogP contribution in [0, 0.1) is 32.4 Å². The molecule has 34 heavy (non-hydrogen) atoms. The molecule has 2 aromatic heterocycles. The van der Waals surface area contributed by atoms with E-state index in [1.807, 2.05) is 18.2 Å². The zero-order valence-electron chi connectivity index (χ0n) is 19.1. The van der Waals surface area contributed by atoms with Crippen LogP contribution in [0.25, 0.3) is 22.2 Å². The Bertz CT molecular complexity index is 1490. The van der Waals surface area contributed by atoms with Crippen molar-refractivity contribution in [2.75, 3.05) is 6.61 Å². The molecule has 6 nitrogen and oxygen atoms in total. The Morgan fingerprint density at radius 2 is 1.79 bits per heavy atom. The van der Waals surface area contributed by atoms with Crippen LogP contribution in [0.2, 0.25) is 0 Å². The number of nitrogens with zero attached hydrogens (tertiary/aromatic N) is 1. The molecule has 0 aliphatic carbocycles. The van der Waals surface area contributed by atoms with E-state index in [4.69, 9.17) is 9.47 Å². The number of hydrogen-bond acceptors (Lipinski definition) is 5. The van der Waals surface area contributed by atoms with Crippen LogP contribution in [0.4, 0.5) is 8.78 Å². The fourth-order valence-electron chi connectivity index (χ4n) is 3.74. The Kier molecular flexibility index (Phi) is 6.15. The number of halogens is 2. The van der Waals surface area contributed by atoms with Crippen LogP contribution >= 0.6 is 0 Å². The summed E-state index contributed by atoms with van der Waals surface area (Å²) in [6.45, 7) is 6.38. The van der Waals surface area contributed by atoms with Crippen molar-refractivity contribution in [3.63, 3.8) is 0 Å². The van der Waals surface area contributed by atoms with Gasteiger partial charge in [0.1, 0.15) is 11.3 Å². The Balaban J connectivity index is 1.95. The minimum atomic E-state index is -1.01. The predicted molar refractivity (Wildman–Crippen MR) is 124 cm³/mol. The minimum absolute atomic E-state index is 0.0139. The molecule has 0 aliphatic rings. The van der Waals surface area contributed by atoms with E-state index in [-0.39, 0.29) is 34.9 Å². The molecule has 0 amide bonds. The SMILES string of the molecule is CCOC(=O)c1c(C)[nH]c(-c2cc3ccccc3nc2Oc2ccc(F)c(F)c2C)c(C)c1=O. The maximum Gasteiger partial charge on any atom is 0.343 e. The van der Waals surface area contributed by atoms with E-state index < -0.39 is 23.0 Å². The zero-order chi connectivity index (χ0) is 24.6. The van der Waals surface area contributed by atoms with Gasteiger partial charge in [-0.1, -0.05) is 18.2 Å². The monoisotopic (exact) mass is 464 g/mol. The van der Waals surface area contributed by atoms with Crippen molar-refractivity contribution < 1.29 is 23.0 Å². The highest BCUT2D eigenvalue weighted by molar-refractivity contribution is 5.92. The first-order valence-corrected chi connectivity index (χ1v) is 10.7. The highest BCUT2D eigenvalue weighted by atomic mass is 19.2. The van der Waals surface area contributed by atoms with Gasteiger partial charge in [-0.2, -0.15) is 0 Å². The number of ether oxygens (including phenoxy) is 2. The summed E-state index contributed by atoms with van der Waals surface area (Å²) in [7, 11) is 0. The average molecular weight is 464 g/mol. The summed E-state index contributed by atoms with van der Waals surface area (Å²) in [5, 5.41) is 0.777. The molecule has 174 valence electrons. The van der Waals surface area contributed by atoms with Gasteiger partial charge in [0.2, 0.25) is 5.88 Å². The number of H-pyrrole nitrogens is 1. The lowest BCUT2D eigenvalue weighted by Gasteiger charge is -2.16. The van der Waals surface area contributed by atoms with Crippen molar-refractivity contribution in [2.24, 2.45) is 0 Å². The summed E-state index contributed by atoms with van der Waals surface area (Å²) in [4.78, 5) is 33.1. The van der Waals surface area contributed by atoms with E-state index in [0.717, 1.165) is 11.5 Å². The maximum atomic E-state index is 14.2. The predicted octanol–water partition coefficient (Wildman–Crippen LogP) is 5.76. The van der Waals surface area contributed by atoms with E-state index in [9.17, 15) is 18.4 Å². The summed E-state index contributed by atoms with van der Waals surface area (Å²) in [6, 6.07) is 11.4. The molecule has 0 fully saturated rings. The molecule has 0 unspecified atom stereocenters. The number of hydrogen-bond donors (Lipinski definition) is 1. The smallest absolute Gasteiger partial charge is 0.343 e. The number of para-hydroxylation sites is 1. The van der Waals surface area contributed by atoms with Crippen LogP contribution in [0.1, 0.15) is 34.1 Å². The third kappa shape index (κ3) is 4.03. The van der Waals surface area contributed by atoms with Crippen LogP contribution in [-0.2, 0) is 4.74 Å². The lowest BCUT2D eigenvalue weighted by molar-refractivity contribution is 0.0523. The lowest BCUT2D eigenvalue weighted by atomic mass is 10.0. The number of rotatable bonds is 5. The van der Waals surface area contributed by atoms with Crippen LogP contribution in [-0.4, -0.2) is 22.5 Å². The van der Waals surface area contributed by atoms with E-state index >= 15 is 0 Å². The molecule has 2 aromatic carbocycles. The molecule has 0 atom stereocenters. The molecular formula is C26H22F2N2O4.